The van der Waals surface area contributed by atoms with Crippen molar-refractivity contribution in [3.05, 3.63) is 48.2 Å². The van der Waals surface area contributed by atoms with Crippen molar-refractivity contribution < 1.29 is 0 Å². The molecular formula is C19H23N5. The third-order valence-corrected chi connectivity index (χ3v) is 4.78. The van der Waals surface area contributed by atoms with Gasteiger partial charge in [0, 0.05) is 11.6 Å². The number of benzene rings is 1. The SMILES string of the molecule is Cc1ccc(-c2cnc3ccc(NC4CCN(C)CC4)nn23)cc1. The molecule has 0 atom stereocenters. The molecule has 1 aromatic carbocycles. The summed E-state index contributed by atoms with van der Waals surface area (Å²) < 4.78 is 1.93. The predicted octanol–water partition coefficient (Wildman–Crippen LogP) is 3.21. The lowest BCUT2D eigenvalue weighted by atomic mass is 10.1. The molecule has 24 heavy (non-hydrogen) atoms. The molecule has 0 spiro atoms. The van der Waals surface area contributed by atoms with Crippen LogP contribution in [0.1, 0.15) is 18.4 Å². The second-order valence-corrected chi connectivity index (χ2v) is 6.72. The first-order valence-electron chi connectivity index (χ1n) is 8.56. The molecule has 3 heterocycles. The summed E-state index contributed by atoms with van der Waals surface area (Å²) in [5.74, 6) is 0.920. The van der Waals surface area contributed by atoms with Crippen LogP contribution in [0.4, 0.5) is 5.82 Å². The Hall–Kier alpha value is -2.40. The molecule has 1 N–H and O–H groups in total. The number of imidazole rings is 1. The summed E-state index contributed by atoms with van der Waals surface area (Å²) in [5.41, 5.74) is 4.29. The van der Waals surface area contributed by atoms with E-state index in [0.717, 1.165) is 48.7 Å². The molecule has 4 rings (SSSR count). The van der Waals surface area contributed by atoms with Crippen LogP contribution in [0, 0.1) is 6.92 Å². The van der Waals surface area contributed by atoms with Gasteiger partial charge in [0.1, 0.15) is 5.82 Å². The first-order chi connectivity index (χ1) is 11.7. The molecule has 0 radical (unpaired) electrons. The Bertz CT molecular complexity index is 829. The Morgan fingerprint density at radius 1 is 1.04 bits per heavy atom. The lowest BCUT2D eigenvalue weighted by Gasteiger charge is -2.29. The van der Waals surface area contributed by atoms with Crippen molar-refractivity contribution in [2.75, 3.05) is 25.5 Å². The van der Waals surface area contributed by atoms with E-state index < -0.39 is 0 Å². The van der Waals surface area contributed by atoms with Gasteiger partial charge in [0.15, 0.2) is 5.65 Å². The summed E-state index contributed by atoms with van der Waals surface area (Å²) in [6, 6.07) is 13.0. The molecule has 0 amide bonds. The highest BCUT2D eigenvalue weighted by atomic mass is 15.3. The average molecular weight is 321 g/mol. The fraction of sp³-hybridized carbons (Fsp3) is 0.368. The maximum Gasteiger partial charge on any atom is 0.154 e. The molecule has 1 fully saturated rings. The van der Waals surface area contributed by atoms with Crippen molar-refractivity contribution in [3.63, 3.8) is 0 Å². The fourth-order valence-electron chi connectivity index (χ4n) is 3.23. The van der Waals surface area contributed by atoms with E-state index in [-0.39, 0.29) is 0 Å². The fourth-order valence-corrected chi connectivity index (χ4v) is 3.23. The first-order valence-corrected chi connectivity index (χ1v) is 8.56. The van der Waals surface area contributed by atoms with Gasteiger partial charge in [0.2, 0.25) is 0 Å². The molecular weight excluding hydrogens is 298 g/mol. The predicted molar refractivity (Wildman–Crippen MR) is 97.3 cm³/mol. The van der Waals surface area contributed by atoms with E-state index >= 15 is 0 Å². The molecule has 0 aliphatic carbocycles. The Morgan fingerprint density at radius 2 is 1.79 bits per heavy atom. The van der Waals surface area contributed by atoms with Gasteiger partial charge in [0.25, 0.3) is 0 Å². The highest BCUT2D eigenvalue weighted by Crippen LogP contribution is 2.22. The topological polar surface area (TPSA) is 45.5 Å². The number of aromatic nitrogens is 3. The molecule has 5 heteroatoms. The van der Waals surface area contributed by atoms with Crippen LogP contribution in [-0.4, -0.2) is 45.7 Å². The number of piperidine rings is 1. The van der Waals surface area contributed by atoms with Crippen LogP contribution in [0.15, 0.2) is 42.6 Å². The Kier molecular flexibility index (Phi) is 3.94. The molecule has 0 unspecified atom stereocenters. The van der Waals surface area contributed by atoms with E-state index in [1.807, 2.05) is 22.8 Å². The van der Waals surface area contributed by atoms with E-state index in [1.54, 1.807) is 0 Å². The van der Waals surface area contributed by atoms with Gasteiger partial charge in [-0.3, -0.25) is 0 Å². The monoisotopic (exact) mass is 321 g/mol. The van der Waals surface area contributed by atoms with Crippen molar-refractivity contribution in [1.82, 2.24) is 19.5 Å². The van der Waals surface area contributed by atoms with Crippen LogP contribution >= 0.6 is 0 Å². The molecule has 124 valence electrons. The van der Waals surface area contributed by atoms with Crippen molar-refractivity contribution in [2.24, 2.45) is 0 Å². The van der Waals surface area contributed by atoms with Crippen molar-refractivity contribution in [3.8, 4) is 11.3 Å². The molecule has 0 saturated carbocycles. The second kappa shape index (κ2) is 6.24. The van der Waals surface area contributed by atoms with Crippen molar-refractivity contribution in [2.45, 2.75) is 25.8 Å². The second-order valence-electron chi connectivity index (χ2n) is 6.72. The van der Waals surface area contributed by atoms with Crippen molar-refractivity contribution in [1.29, 1.82) is 0 Å². The summed E-state index contributed by atoms with van der Waals surface area (Å²) in [6.07, 6.45) is 4.21. The number of aryl methyl sites for hydroxylation is 1. The summed E-state index contributed by atoms with van der Waals surface area (Å²) in [5, 5.41) is 8.36. The van der Waals surface area contributed by atoms with E-state index in [2.05, 4.69) is 53.4 Å². The molecule has 1 aliphatic rings. The van der Waals surface area contributed by atoms with Gasteiger partial charge in [-0.2, -0.15) is 0 Å². The van der Waals surface area contributed by atoms with Gasteiger partial charge in [-0.05, 0) is 52.0 Å². The normalized spacial score (nSPS) is 16.6. The third-order valence-electron chi connectivity index (χ3n) is 4.78. The maximum atomic E-state index is 4.78. The lowest BCUT2D eigenvalue weighted by Crippen LogP contribution is -2.36. The van der Waals surface area contributed by atoms with Gasteiger partial charge in [-0.25, -0.2) is 9.50 Å². The van der Waals surface area contributed by atoms with Crippen LogP contribution in [0.5, 0.6) is 0 Å². The highest BCUT2D eigenvalue weighted by molar-refractivity contribution is 5.63. The number of anilines is 1. The van der Waals surface area contributed by atoms with Crippen LogP contribution in [0.3, 0.4) is 0 Å². The van der Waals surface area contributed by atoms with Gasteiger partial charge in [-0.1, -0.05) is 29.8 Å². The van der Waals surface area contributed by atoms with Crippen LogP contribution < -0.4 is 5.32 Å². The quantitative estimate of drug-likeness (QED) is 0.804. The maximum absolute atomic E-state index is 4.78. The number of fused-ring (bicyclic) bond motifs is 1. The summed E-state index contributed by atoms with van der Waals surface area (Å²) >= 11 is 0. The minimum absolute atomic E-state index is 0.498. The number of hydrogen-bond acceptors (Lipinski definition) is 4. The largest absolute Gasteiger partial charge is 0.366 e. The van der Waals surface area contributed by atoms with Gasteiger partial charge >= 0.3 is 0 Å². The van der Waals surface area contributed by atoms with Crippen LogP contribution in [0.25, 0.3) is 16.9 Å². The number of hydrogen-bond donors (Lipinski definition) is 1. The van der Waals surface area contributed by atoms with E-state index in [1.165, 1.54) is 5.56 Å². The van der Waals surface area contributed by atoms with Gasteiger partial charge in [0.05, 0.1) is 11.9 Å². The Labute approximate surface area is 142 Å². The van der Waals surface area contributed by atoms with E-state index in [0.29, 0.717) is 6.04 Å². The molecule has 1 saturated heterocycles. The highest BCUT2D eigenvalue weighted by Gasteiger charge is 2.17. The minimum atomic E-state index is 0.498. The summed E-state index contributed by atoms with van der Waals surface area (Å²) in [4.78, 5) is 6.86. The number of rotatable bonds is 3. The number of nitrogens with zero attached hydrogens (tertiary/aromatic N) is 4. The zero-order valence-corrected chi connectivity index (χ0v) is 14.2. The van der Waals surface area contributed by atoms with E-state index in [9.17, 15) is 0 Å². The molecule has 0 bridgehead atoms. The molecule has 1 aliphatic heterocycles. The molecule has 5 nitrogen and oxygen atoms in total. The van der Waals surface area contributed by atoms with Crippen LogP contribution in [0.2, 0.25) is 0 Å². The van der Waals surface area contributed by atoms with E-state index in [4.69, 9.17) is 5.10 Å². The summed E-state index contributed by atoms with van der Waals surface area (Å²) in [6.45, 7) is 4.37. The number of likely N-dealkylation sites (tertiary alicyclic amines) is 1. The lowest BCUT2D eigenvalue weighted by molar-refractivity contribution is 0.263. The third kappa shape index (κ3) is 2.99. The Morgan fingerprint density at radius 3 is 2.54 bits per heavy atom. The zero-order valence-electron chi connectivity index (χ0n) is 14.2. The van der Waals surface area contributed by atoms with Gasteiger partial charge < -0.3 is 10.2 Å². The van der Waals surface area contributed by atoms with Crippen molar-refractivity contribution >= 4 is 11.5 Å². The molecule has 3 aromatic rings. The van der Waals surface area contributed by atoms with Gasteiger partial charge in [-0.15, -0.1) is 5.10 Å². The smallest absolute Gasteiger partial charge is 0.154 e. The average Bonchev–Trinajstić information content (AvgIpc) is 3.01. The standard InChI is InChI=1S/C19H23N5/c1-14-3-5-15(6-4-14)17-13-20-19-8-7-18(22-24(17)19)21-16-9-11-23(2)12-10-16/h3-8,13,16H,9-12H2,1-2H3,(H,21,22). The minimum Gasteiger partial charge on any atom is -0.366 e. The number of nitrogens with one attached hydrogen (secondary N) is 1. The molecule has 2 aromatic heterocycles. The zero-order chi connectivity index (χ0) is 16.5. The summed E-state index contributed by atoms with van der Waals surface area (Å²) in [7, 11) is 2.18. The first kappa shape index (κ1) is 15.1. The Balaban J connectivity index is 1.62. The van der Waals surface area contributed by atoms with Crippen LogP contribution in [-0.2, 0) is 0 Å².